The fourth-order valence-electron chi connectivity index (χ4n) is 4.88. The van der Waals surface area contributed by atoms with Crippen LogP contribution in [0.15, 0.2) is 36.4 Å². The first kappa shape index (κ1) is 24.8. The van der Waals surface area contributed by atoms with E-state index in [0.29, 0.717) is 31.2 Å². The van der Waals surface area contributed by atoms with E-state index >= 15 is 0 Å². The molecule has 0 spiro atoms. The van der Waals surface area contributed by atoms with Crippen LogP contribution in [-0.4, -0.2) is 100 Å². The predicted octanol–water partition coefficient (Wildman–Crippen LogP) is 3.15. The highest BCUT2D eigenvalue weighted by molar-refractivity contribution is 6.30. The van der Waals surface area contributed by atoms with Crippen LogP contribution in [0.5, 0.6) is 17.2 Å². The van der Waals surface area contributed by atoms with Crippen LogP contribution in [0, 0.1) is 0 Å². The molecule has 2 aromatic carbocycles. The van der Waals surface area contributed by atoms with Crippen LogP contribution in [0.25, 0.3) is 0 Å². The number of ether oxygens (including phenoxy) is 4. The molecule has 0 atom stereocenters. The number of carbonyl (C=O) groups is 1. The van der Waals surface area contributed by atoms with Gasteiger partial charge in [-0.05, 0) is 35.9 Å². The van der Waals surface area contributed by atoms with Gasteiger partial charge in [-0.2, -0.15) is 0 Å². The van der Waals surface area contributed by atoms with Gasteiger partial charge in [0.15, 0.2) is 11.5 Å². The third kappa shape index (κ3) is 5.91. The molecule has 0 N–H and O–H groups in total. The Morgan fingerprint density at radius 3 is 2.50 bits per heavy atom. The average Bonchev–Trinajstić information content (AvgIpc) is 3.38. The van der Waals surface area contributed by atoms with Crippen molar-refractivity contribution in [2.24, 2.45) is 0 Å². The van der Waals surface area contributed by atoms with Crippen LogP contribution in [0.3, 0.4) is 0 Å². The molecule has 0 unspecified atom stereocenters. The number of rotatable bonds is 7. The summed E-state index contributed by atoms with van der Waals surface area (Å²) in [5, 5.41) is 0.725. The summed E-state index contributed by atoms with van der Waals surface area (Å²) in [4.78, 5) is 21.3. The van der Waals surface area contributed by atoms with Crippen molar-refractivity contribution in [3.8, 4) is 17.2 Å². The molecule has 3 heterocycles. The molecular weight excluding hydrogens is 484 g/mol. The van der Waals surface area contributed by atoms with Gasteiger partial charge in [0.25, 0.3) is 0 Å². The Morgan fingerprint density at radius 2 is 1.75 bits per heavy atom. The normalized spacial score (nSPS) is 18.4. The zero-order valence-electron chi connectivity index (χ0n) is 20.7. The monoisotopic (exact) mass is 516 g/mol. The zero-order valence-corrected chi connectivity index (χ0v) is 21.4. The molecule has 5 rings (SSSR count). The van der Waals surface area contributed by atoms with Crippen molar-refractivity contribution in [3.63, 3.8) is 0 Å². The molecule has 2 saturated heterocycles. The van der Waals surface area contributed by atoms with Crippen molar-refractivity contribution < 1.29 is 23.7 Å². The minimum Gasteiger partial charge on any atom is -0.493 e. The molecule has 0 bridgehead atoms. The molecule has 2 fully saturated rings. The van der Waals surface area contributed by atoms with Crippen molar-refractivity contribution in [1.82, 2.24) is 14.7 Å². The van der Waals surface area contributed by atoms with E-state index in [1.807, 2.05) is 36.4 Å². The maximum Gasteiger partial charge on any atom is 0.409 e. The smallest absolute Gasteiger partial charge is 0.409 e. The quantitative estimate of drug-likeness (QED) is 0.556. The molecule has 194 valence electrons. The fourth-order valence-corrected chi connectivity index (χ4v) is 5.06. The molecule has 0 saturated carbocycles. The van der Waals surface area contributed by atoms with E-state index in [9.17, 15) is 4.79 Å². The lowest BCUT2D eigenvalue weighted by Gasteiger charge is -2.36. The highest BCUT2D eigenvalue weighted by Gasteiger charge is 2.24. The Kier molecular flexibility index (Phi) is 7.89. The Bertz CT molecular complexity index is 1050. The first-order chi connectivity index (χ1) is 17.6. The second-order valence-electron chi connectivity index (χ2n) is 9.22. The lowest BCUT2D eigenvalue weighted by atomic mass is 10.1. The molecule has 36 heavy (non-hydrogen) atoms. The van der Waals surface area contributed by atoms with Gasteiger partial charge in [0.1, 0.15) is 6.61 Å². The van der Waals surface area contributed by atoms with Gasteiger partial charge in [0.05, 0.1) is 7.11 Å². The lowest BCUT2D eigenvalue weighted by Crippen LogP contribution is -2.50. The summed E-state index contributed by atoms with van der Waals surface area (Å²) >= 11 is 6.11. The molecule has 1 amide bonds. The van der Waals surface area contributed by atoms with Gasteiger partial charge in [-0.25, -0.2) is 4.79 Å². The summed E-state index contributed by atoms with van der Waals surface area (Å²) in [6.07, 6.45) is -0.226. The second kappa shape index (κ2) is 11.5. The summed E-state index contributed by atoms with van der Waals surface area (Å²) in [5.41, 5.74) is 2.24. The van der Waals surface area contributed by atoms with Gasteiger partial charge in [-0.1, -0.05) is 17.7 Å². The number of nitrogens with zero attached hydrogens (tertiary/aromatic N) is 4. The zero-order chi connectivity index (χ0) is 24.9. The van der Waals surface area contributed by atoms with Gasteiger partial charge in [0.2, 0.25) is 12.5 Å². The number of piperazine rings is 2. The summed E-state index contributed by atoms with van der Waals surface area (Å²) in [7, 11) is 1.65. The Labute approximate surface area is 217 Å². The van der Waals surface area contributed by atoms with Crippen molar-refractivity contribution >= 4 is 23.4 Å². The number of halogens is 1. The summed E-state index contributed by atoms with van der Waals surface area (Å²) in [5.74, 6) is 2.14. The maximum atomic E-state index is 12.5. The summed E-state index contributed by atoms with van der Waals surface area (Å²) < 4.78 is 22.1. The molecule has 3 aliphatic rings. The van der Waals surface area contributed by atoms with Crippen LogP contribution < -0.4 is 19.1 Å². The van der Waals surface area contributed by atoms with E-state index in [1.54, 1.807) is 12.0 Å². The van der Waals surface area contributed by atoms with Gasteiger partial charge < -0.3 is 28.7 Å². The number of hydrogen-bond donors (Lipinski definition) is 0. The largest absolute Gasteiger partial charge is 0.493 e. The van der Waals surface area contributed by atoms with Crippen LogP contribution >= 0.6 is 11.6 Å². The Balaban J connectivity index is 1.00. The van der Waals surface area contributed by atoms with Crippen molar-refractivity contribution in [1.29, 1.82) is 0 Å². The lowest BCUT2D eigenvalue weighted by molar-refractivity contribution is 0.0726. The van der Waals surface area contributed by atoms with Crippen LogP contribution in [-0.2, 0) is 11.3 Å². The Morgan fingerprint density at radius 1 is 0.972 bits per heavy atom. The van der Waals surface area contributed by atoms with E-state index in [-0.39, 0.29) is 12.9 Å². The maximum absolute atomic E-state index is 12.5. The average molecular weight is 517 g/mol. The van der Waals surface area contributed by atoms with E-state index in [1.165, 1.54) is 0 Å². The molecule has 0 radical (unpaired) electrons. The van der Waals surface area contributed by atoms with Gasteiger partial charge in [-0.15, -0.1) is 0 Å². The number of anilines is 1. The van der Waals surface area contributed by atoms with Crippen molar-refractivity contribution in [2.75, 3.05) is 84.3 Å². The topological polar surface area (TPSA) is 67.0 Å². The molecule has 2 aromatic rings. The third-order valence-electron chi connectivity index (χ3n) is 6.93. The van der Waals surface area contributed by atoms with E-state index in [0.717, 1.165) is 74.4 Å². The molecule has 9 nitrogen and oxygen atoms in total. The van der Waals surface area contributed by atoms with Crippen molar-refractivity contribution in [2.45, 2.75) is 6.54 Å². The van der Waals surface area contributed by atoms with Gasteiger partial charge in [-0.3, -0.25) is 9.80 Å². The van der Waals surface area contributed by atoms with Crippen LogP contribution in [0.2, 0.25) is 5.02 Å². The van der Waals surface area contributed by atoms with Crippen molar-refractivity contribution in [3.05, 3.63) is 47.0 Å². The summed E-state index contributed by atoms with van der Waals surface area (Å²) in [6.45, 7) is 8.85. The third-order valence-corrected chi connectivity index (χ3v) is 7.17. The fraction of sp³-hybridized carbons (Fsp3) is 0.500. The molecule has 0 aromatic heterocycles. The van der Waals surface area contributed by atoms with Gasteiger partial charge >= 0.3 is 6.09 Å². The van der Waals surface area contributed by atoms with E-state index in [4.69, 9.17) is 30.5 Å². The minimum atomic E-state index is -0.226. The highest BCUT2D eigenvalue weighted by Crippen LogP contribution is 2.42. The minimum absolute atomic E-state index is 0.226. The SMILES string of the molecule is COc1cc(CN2CCN(CCOC(=O)N3CCN(c4cccc(Cl)c4)CC3)CC2)cc2c1OCO2. The number of hydrogen-bond acceptors (Lipinski definition) is 8. The first-order valence-electron chi connectivity index (χ1n) is 12.4. The number of fused-ring (bicyclic) bond motifs is 1. The van der Waals surface area contributed by atoms with E-state index in [2.05, 4.69) is 14.7 Å². The standard InChI is InChI=1S/C26H33ClN4O5/c1-33-23-15-20(16-24-25(23)36-19-35-24)18-29-7-5-28(6-8-29)13-14-34-26(32)31-11-9-30(10-12-31)22-4-2-3-21(27)17-22/h2-4,15-17H,5-14,18-19H2,1H3. The Hall–Kier alpha value is -2.88. The second-order valence-corrected chi connectivity index (χ2v) is 9.65. The van der Waals surface area contributed by atoms with E-state index < -0.39 is 0 Å². The predicted molar refractivity (Wildman–Crippen MR) is 137 cm³/mol. The van der Waals surface area contributed by atoms with Gasteiger partial charge in [0, 0.05) is 76.2 Å². The molecule has 3 aliphatic heterocycles. The molecular formula is C26H33ClN4O5. The first-order valence-corrected chi connectivity index (χ1v) is 12.8. The van der Waals surface area contributed by atoms with Crippen LogP contribution in [0.4, 0.5) is 10.5 Å². The summed E-state index contributed by atoms with van der Waals surface area (Å²) in [6, 6.07) is 11.9. The number of amides is 1. The molecule has 0 aliphatic carbocycles. The molecule has 10 heteroatoms. The van der Waals surface area contributed by atoms with Crippen LogP contribution in [0.1, 0.15) is 5.56 Å². The number of benzene rings is 2. The number of methoxy groups -OCH3 is 1. The highest BCUT2D eigenvalue weighted by atomic mass is 35.5. The number of carbonyl (C=O) groups excluding carboxylic acids is 1.